The van der Waals surface area contributed by atoms with Crippen LogP contribution in [-0.2, 0) is 4.79 Å². The largest absolute Gasteiger partial charge is 0.493 e. The quantitative estimate of drug-likeness (QED) is 0.796. The Morgan fingerprint density at radius 3 is 2.47 bits per heavy atom. The van der Waals surface area contributed by atoms with Gasteiger partial charge < -0.3 is 9.64 Å². The second kappa shape index (κ2) is 5.95. The molecule has 0 aromatic heterocycles. The first-order valence-corrected chi connectivity index (χ1v) is 5.76. The van der Waals surface area contributed by atoms with Crippen LogP contribution in [0.15, 0.2) is 24.3 Å². The van der Waals surface area contributed by atoms with E-state index in [0.29, 0.717) is 13.0 Å². The fraction of sp³-hybridized carbons (Fsp3) is 0.364. The lowest BCUT2D eigenvalue weighted by atomic mass is 10.3. The Balaban J connectivity index is 2.32. The number of benzene rings is 1. The number of hydrogen-bond donors (Lipinski definition) is 0. The van der Waals surface area contributed by atoms with Crippen molar-refractivity contribution in [3.63, 3.8) is 0 Å². The summed E-state index contributed by atoms with van der Waals surface area (Å²) in [6.45, 7) is 0.428. The summed E-state index contributed by atoms with van der Waals surface area (Å²) in [5.41, 5.74) is 0. The zero-order valence-corrected chi connectivity index (χ0v) is 11.0. The van der Waals surface area contributed by atoms with Gasteiger partial charge in [-0.15, -0.1) is 0 Å². The lowest BCUT2D eigenvalue weighted by Crippen LogP contribution is -2.23. The Kier molecular flexibility index (Phi) is 4.87. The molecule has 0 spiro atoms. The normalized spacial score (nSPS) is 9.80. The minimum absolute atomic E-state index is 0.0838. The molecule has 0 aliphatic heterocycles. The van der Waals surface area contributed by atoms with Crippen LogP contribution in [0, 0.1) is 3.57 Å². The monoisotopic (exact) mass is 319 g/mol. The molecule has 0 heterocycles. The molecule has 0 bridgehead atoms. The first-order chi connectivity index (χ1) is 7.09. The fourth-order valence-electron chi connectivity index (χ4n) is 1.01. The molecule has 0 aliphatic carbocycles. The molecule has 1 amide bonds. The predicted octanol–water partition coefficient (Wildman–Crippen LogP) is 2.15. The average molecular weight is 319 g/mol. The Morgan fingerprint density at radius 1 is 1.33 bits per heavy atom. The fourth-order valence-corrected chi connectivity index (χ4v) is 1.37. The van der Waals surface area contributed by atoms with Crippen LogP contribution in [0.1, 0.15) is 6.42 Å². The summed E-state index contributed by atoms with van der Waals surface area (Å²) >= 11 is 2.24. The molecular formula is C11H14INO2. The lowest BCUT2D eigenvalue weighted by molar-refractivity contribution is -0.129. The minimum atomic E-state index is 0.0838. The number of halogens is 1. The molecule has 1 aromatic rings. The highest BCUT2D eigenvalue weighted by Crippen LogP contribution is 2.13. The first-order valence-electron chi connectivity index (χ1n) is 4.68. The Hall–Kier alpha value is -0.780. The van der Waals surface area contributed by atoms with Gasteiger partial charge in [-0.2, -0.15) is 0 Å². The second-order valence-corrected chi connectivity index (χ2v) is 4.59. The van der Waals surface area contributed by atoms with Gasteiger partial charge >= 0.3 is 0 Å². The van der Waals surface area contributed by atoms with E-state index in [9.17, 15) is 4.79 Å². The SMILES string of the molecule is CN(C)C(=O)CCOc1ccc(I)cc1. The first kappa shape index (κ1) is 12.3. The Morgan fingerprint density at radius 2 is 1.93 bits per heavy atom. The smallest absolute Gasteiger partial charge is 0.225 e. The van der Waals surface area contributed by atoms with Crippen molar-refractivity contribution in [1.29, 1.82) is 0 Å². The van der Waals surface area contributed by atoms with Gasteiger partial charge in [0.2, 0.25) is 5.91 Å². The van der Waals surface area contributed by atoms with E-state index in [1.807, 2.05) is 24.3 Å². The molecule has 0 unspecified atom stereocenters. The molecule has 1 aromatic carbocycles. The summed E-state index contributed by atoms with van der Waals surface area (Å²) in [6.07, 6.45) is 0.416. The van der Waals surface area contributed by atoms with Crippen molar-refractivity contribution in [2.45, 2.75) is 6.42 Å². The molecule has 1 rings (SSSR count). The van der Waals surface area contributed by atoms with E-state index in [2.05, 4.69) is 22.6 Å². The molecule has 0 N–H and O–H groups in total. The maximum atomic E-state index is 11.2. The number of carbonyl (C=O) groups is 1. The van der Waals surface area contributed by atoms with Crippen molar-refractivity contribution in [1.82, 2.24) is 4.90 Å². The zero-order valence-electron chi connectivity index (χ0n) is 8.87. The van der Waals surface area contributed by atoms with Crippen molar-refractivity contribution < 1.29 is 9.53 Å². The van der Waals surface area contributed by atoms with Crippen LogP contribution in [-0.4, -0.2) is 31.5 Å². The van der Waals surface area contributed by atoms with Crippen molar-refractivity contribution in [3.05, 3.63) is 27.8 Å². The maximum absolute atomic E-state index is 11.2. The minimum Gasteiger partial charge on any atom is -0.493 e. The average Bonchev–Trinajstić information content (AvgIpc) is 2.20. The van der Waals surface area contributed by atoms with Gasteiger partial charge in [0.05, 0.1) is 13.0 Å². The highest BCUT2D eigenvalue weighted by Gasteiger charge is 2.03. The summed E-state index contributed by atoms with van der Waals surface area (Å²) in [4.78, 5) is 12.8. The van der Waals surface area contributed by atoms with Gasteiger partial charge in [0.1, 0.15) is 5.75 Å². The van der Waals surface area contributed by atoms with E-state index in [-0.39, 0.29) is 5.91 Å². The zero-order chi connectivity index (χ0) is 11.3. The molecule has 0 saturated carbocycles. The topological polar surface area (TPSA) is 29.5 Å². The molecule has 0 aliphatic rings. The van der Waals surface area contributed by atoms with Gasteiger partial charge in [-0.05, 0) is 46.9 Å². The number of nitrogens with zero attached hydrogens (tertiary/aromatic N) is 1. The van der Waals surface area contributed by atoms with Crippen LogP contribution in [0.4, 0.5) is 0 Å². The van der Waals surface area contributed by atoms with Crippen LogP contribution >= 0.6 is 22.6 Å². The number of hydrogen-bond acceptors (Lipinski definition) is 2. The molecular weight excluding hydrogens is 305 g/mol. The number of rotatable bonds is 4. The van der Waals surface area contributed by atoms with Gasteiger partial charge in [0, 0.05) is 17.7 Å². The summed E-state index contributed by atoms with van der Waals surface area (Å²) in [5.74, 6) is 0.891. The third-order valence-corrected chi connectivity index (χ3v) is 2.62. The van der Waals surface area contributed by atoms with Crippen LogP contribution < -0.4 is 4.74 Å². The van der Waals surface area contributed by atoms with Crippen molar-refractivity contribution in [2.75, 3.05) is 20.7 Å². The van der Waals surface area contributed by atoms with Crippen LogP contribution in [0.25, 0.3) is 0 Å². The predicted molar refractivity (Wildman–Crippen MR) is 68.0 cm³/mol. The highest BCUT2D eigenvalue weighted by molar-refractivity contribution is 14.1. The van der Waals surface area contributed by atoms with E-state index in [1.165, 1.54) is 3.57 Å². The molecule has 0 radical (unpaired) electrons. The number of carbonyl (C=O) groups excluding carboxylic acids is 1. The Labute approximate surface area is 104 Å². The van der Waals surface area contributed by atoms with E-state index in [0.717, 1.165) is 5.75 Å². The molecule has 0 fully saturated rings. The van der Waals surface area contributed by atoms with E-state index in [1.54, 1.807) is 19.0 Å². The third kappa shape index (κ3) is 4.51. The van der Waals surface area contributed by atoms with Gasteiger partial charge in [0.25, 0.3) is 0 Å². The second-order valence-electron chi connectivity index (χ2n) is 3.34. The van der Waals surface area contributed by atoms with Crippen LogP contribution in [0.5, 0.6) is 5.75 Å². The van der Waals surface area contributed by atoms with Gasteiger partial charge in [-0.25, -0.2) is 0 Å². The van der Waals surface area contributed by atoms with Crippen molar-refractivity contribution in [2.24, 2.45) is 0 Å². The maximum Gasteiger partial charge on any atom is 0.225 e. The third-order valence-electron chi connectivity index (χ3n) is 1.90. The van der Waals surface area contributed by atoms with Gasteiger partial charge in [-0.1, -0.05) is 0 Å². The molecule has 82 valence electrons. The lowest BCUT2D eigenvalue weighted by Gasteiger charge is -2.10. The van der Waals surface area contributed by atoms with E-state index >= 15 is 0 Å². The summed E-state index contributed by atoms with van der Waals surface area (Å²) < 4.78 is 6.60. The molecule has 15 heavy (non-hydrogen) atoms. The molecule has 0 atom stereocenters. The van der Waals surface area contributed by atoms with E-state index in [4.69, 9.17) is 4.74 Å². The van der Waals surface area contributed by atoms with Crippen molar-refractivity contribution >= 4 is 28.5 Å². The van der Waals surface area contributed by atoms with Crippen molar-refractivity contribution in [3.8, 4) is 5.75 Å². The summed E-state index contributed by atoms with van der Waals surface area (Å²) in [5, 5.41) is 0. The standard InChI is InChI=1S/C11H14INO2/c1-13(2)11(14)7-8-15-10-5-3-9(12)4-6-10/h3-6H,7-8H2,1-2H3. The number of ether oxygens (including phenoxy) is 1. The van der Waals surface area contributed by atoms with Gasteiger partial charge in [0.15, 0.2) is 0 Å². The van der Waals surface area contributed by atoms with Gasteiger partial charge in [-0.3, -0.25) is 4.79 Å². The Bertz CT molecular complexity index is 322. The van der Waals surface area contributed by atoms with Crippen LogP contribution in [0.2, 0.25) is 0 Å². The molecule has 0 saturated heterocycles. The van der Waals surface area contributed by atoms with Crippen LogP contribution in [0.3, 0.4) is 0 Å². The highest BCUT2D eigenvalue weighted by atomic mass is 127. The molecule has 3 nitrogen and oxygen atoms in total. The number of amides is 1. The molecule has 4 heteroatoms. The van der Waals surface area contributed by atoms with E-state index < -0.39 is 0 Å². The summed E-state index contributed by atoms with van der Waals surface area (Å²) in [6, 6.07) is 7.76. The summed E-state index contributed by atoms with van der Waals surface area (Å²) in [7, 11) is 3.49.